The van der Waals surface area contributed by atoms with Crippen LogP contribution in [0.2, 0.25) is 0 Å². The van der Waals surface area contributed by atoms with Crippen LogP contribution in [0.5, 0.6) is 0 Å². The number of carbonyl (C=O) groups is 1. The molecule has 0 fully saturated rings. The van der Waals surface area contributed by atoms with E-state index in [4.69, 9.17) is 10.9 Å². The van der Waals surface area contributed by atoms with Gasteiger partial charge in [0.2, 0.25) is 5.91 Å². The molecule has 0 aliphatic rings. The molecule has 18 heavy (non-hydrogen) atoms. The maximum absolute atomic E-state index is 12.0. The number of hydrogen-bond donors (Lipinski definition) is 3. The van der Waals surface area contributed by atoms with Crippen LogP contribution >= 0.6 is 0 Å². The molecule has 1 aromatic heterocycles. The molecule has 4 N–H and O–H groups in total. The molecule has 1 atom stereocenters. The van der Waals surface area contributed by atoms with Crippen LogP contribution in [0.1, 0.15) is 26.0 Å². The minimum atomic E-state index is -0.639. The van der Waals surface area contributed by atoms with E-state index in [-0.39, 0.29) is 11.7 Å². The Hall–Kier alpha value is -2.05. The van der Waals surface area contributed by atoms with Crippen molar-refractivity contribution in [1.29, 1.82) is 0 Å². The van der Waals surface area contributed by atoms with E-state index < -0.39 is 5.92 Å². The lowest BCUT2D eigenvalue weighted by atomic mass is 10.0. The summed E-state index contributed by atoms with van der Waals surface area (Å²) in [6.45, 7) is 3.76. The van der Waals surface area contributed by atoms with E-state index in [0.717, 1.165) is 12.1 Å². The van der Waals surface area contributed by atoms with E-state index in [0.29, 0.717) is 12.1 Å². The first-order chi connectivity index (χ1) is 8.53. The number of amides is 1. The summed E-state index contributed by atoms with van der Waals surface area (Å²) < 4.78 is 1.64. The molecule has 0 aliphatic heterocycles. The molecule has 0 radical (unpaired) electrons. The van der Waals surface area contributed by atoms with Gasteiger partial charge in [0.1, 0.15) is 0 Å². The minimum Gasteiger partial charge on any atom is -0.409 e. The summed E-state index contributed by atoms with van der Waals surface area (Å²) >= 11 is 0. The lowest BCUT2D eigenvalue weighted by Gasteiger charge is -2.12. The van der Waals surface area contributed by atoms with Gasteiger partial charge in [-0.2, -0.15) is 5.10 Å². The van der Waals surface area contributed by atoms with Crippen molar-refractivity contribution < 1.29 is 10.0 Å². The summed E-state index contributed by atoms with van der Waals surface area (Å²) in [5.41, 5.74) is 6.94. The number of oxime groups is 1. The number of aromatic nitrogens is 2. The molecular weight excluding hydrogens is 234 g/mol. The smallest absolute Gasteiger partial charge is 0.235 e. The summed E-state index contributed by atoms with van der Waals surface area (Å²) in [7, 11) is 1.79. The molecule has 0 aromatic carbocycles. The zero-order chi connectivity index (χ0) is 13.7. The number of amidine groups is 1. The first-order valence-electron chi connectivity index (χ1n) is 5.84. The molecular formula is C11H19N5O2. The summed E-state index contributed by atoms with van der Waals surface area (Å²) in [5.74, 6) is -1.02. The van der Waals surface area contributed by atoms with Crippen molar-refractivity contribution in [2.45, 2.75) is 26.7 Å². The van der Waals surface area contributed by atoms with Crippen molar-refractivity contribution in [3.63, 3.8) is 0 Å². The highest BCUT2D eigenvalue weighted by Gasteiger charge is 2.22. The standard InChI is InChI=1S/C11H19N5O2/c1-4-7(10(12)15-18)11(17)13-9-6-16(3)14-8(9)5-2/h6-7,18H,4-5H2,1-3H3,(H2,12,15)(H,13,17). The summed E-state index contributed by atoms with van der Waals surface area (Å²) in [4.78, 5) is 12.0. The highest BCUT2D eigenvalue weighted by molar-refractivity contribution is 6.07. The Balaban J connectivity index is 2.86. The topological polar surface area (TPSA) is 106 Å². The molecule has 1 rings (SSSR count). The second-order valence-electron chi connectivity index (χ2n) is 3.99. The average molecular weight is 253 g/mol. The fraction of sp³-hybridized carbons (Fsp3) is 0.545. The van der Waals surface area contributed by atoms with E-state index in [1.807, 2.05) is 6.92 Å². The second kappa shape index (κ2) is 6.04. The lowest BCUT2D eigenvalue weighted by Crippen LogP contribution is -2.34. The minimum absolute atomic E-state index is 0.0862. The second-order valence-corrected chi connectivity index (χ2v) is 3.99. The summed E-state index contributed by atoms with van der Waals surface area (Å²) in [6, 6.07) is 0. The van der Waals surface area contributed by atoms with Gasteiger partial charge in [-0.3, -0.25) is 9.48 Å². The zero-order valence-electron chi connectivity index (χ0n) is 10.8. The number of hydrogen-bond acceptors (Lipinski definition) is 4. The predicted molar refractivity (Wildman–Crippen MR) is 68.4 cm³/mol. The van der Waals surface area contributed by atoms with Crippen molar-refractivity contribution in [2.24, 2.45) is 23.9 Å². The van der Waals surface area contributed by atoms with E-state index in [2.05, 4.69) is 15.6 Å². The molecule has 1 heterocycles. The van der Waals surface area contributed by atoms with Crippen LogP contribution in [0.4, 0.5) is 5.69 Å². The van der Waals surface area contributed by atoms with Gasteiger partial charge in [-0.1, -0.05) is 19.0 Å². The van der Waals surface area contributed by atoms with E-state index >= 15 is 0 Å². The van der Waals surface area contributed by atoms with Crippen LogP contribution in [0.15, 0.2) is 11.4 Å². The number of nitrogens with one attached hydrogen (secondary N) is 1. The SMILES string of the molecule is CCc1nn(C)cc1NC(=O)C(CC)C(N)=NO. The van der Waals surface area contributed by atoms with E-state index in [1.165, 1.54) is 0 Å². The Morgan fingerprint density at radius 3 is 2.83 bits per heavy atom. The maximum atomic E-state index is 12.0. The van der Waals surface area contributed by atoms with Crippen molar-refractivity contribution in [2.75, 3.05) is 5.32 Å². The maximum Gasteiger partial charge on any atom is 0.235 e. The Labute approximate surface area is 106 Å². The Kier molecular flexibility index (Phi) is 4.70. The van der Waals surface area contributed by atoms with Gasteiger partial charge < -0.3 is 16.3 Å². The predicted octanol–water partition coefficient (Wildman–Crippen LogP) is 0.694. The third-order valence-corrected chi connectivity index (χ3v) is 2.70. The van der Waals surface area contributed by atoms with Gasteiger partial charge in [-0.05, 0) is 12.8 Å². The first kappa shape index (κ1) is 14.0. The Morgan fingerprint density at radius 1 is 1.67 bits per heavy atom. The monoisotopic (exact) mass is 253 g/mol. The number of nitrogens with zero attached hydrogens (tertiary/aromatic N) is 3. The number of carbonyl (C=O) groups excluding carboxylic acids is 1. The van der Waals surface area contributed by atoms with E-state index in [9.17, 15) is 4.79 Å². The van der Waals surface area contributed by atoms with Crippen LogP contribution in [-0.2, 0) is 18.3 Å². The van der Waals surface area contributed by atoms with Gasteiger partial charge in [-0.15, -0.1) is 0 Å². The Morgan fingerprint density at radius 2 is 2.33 bits per heavy atom. The van der Waals surface area contributed by atoms with Crippen molar-refractivity contribution in [3.8, 4) is 0 Å². The molecule has 1 amide bonds. The zero-order valence-corrected chi connectivity index (χ0v) is 10.8. The van der Waals surface area contributed by atoms with Crippen LogP contribution in [0, 0.1) is 5.92 Å². The van der Waals surface area contributed by atoms with Crippen LogP contribution < -0.4 is 11.1 Å². The van der Waals surface area contributed by atoms with Crippen LogP contribution in [0.25, 0.3) is 0 Å². The lowest BCUT2D eigenvalue weighted by molar-refractivity contribution is -0.118. The molecule has 0 saturated carbocycles. The third-order valence-electron chi connectivity index (χ3n) is 2.70. The molecule has 0 bridgehead atoms. The molecule has 1 aromatic rings. The fourth-order valence-electron chi connectivity index (χ4n) is 1.72. The summed E-state index contributed by atoms with van der Waals surface area (Å²) in [5, 5.41) is 18.5. The van der Waals surface area contributed by atoms with Gasteiger partial charge in [0.15, 0.2) is 5.84 Å². The van der Waals surface area contributed by atoms with Crippen molar-refractivity contribution >= 4 is 17.4 Å². The van der Waals surface area contributed by atoms with Gasteiger partial charge in [-0.25, -0.2) is 0 Å². The molecule has 7 nitrogen and oxygen atoms in total. The van der Waals surface area contributed by atoms with E-state index in [1.54, 1.807) is 24.9 Å². The number of nitrogens with two attached hydrogens (primary N) is 1. The average Bonchev–Trinajstić information content (AvgIpc) is 2.69. The third kappa shape index (κ3) is 2.99. The number of rotatable bonds is 5. The highest BCUT2D eigenvalue weighted by Crippen LogP contribution is 2.16. The number of aryl methyl sites for hydroxylation is 2. The first-order valence-corrected chi connectivity index (χ1v) is 5.84. The summed E-state index contributed by atoms with van der Waals surface area (Å²) in [6.07, 6.45) is 2.91. The Bertz CT molecular complexity index is 452. The molecule has 1 unspecified atom stereocenters. The van der Waals surface area contributed by atoms with Gasteiger partial charge in [0.25, 0.3) is 0 Å². The molecule has 100 valence electrons. The fourth-order valence-corrected chi connectivity index (χ4v) is 1.72. The molecule has 0 aliphatic carbocycles. The molecule has 0 spiro atoms. The number of anilines is 1. The quantitative estimate of drug-likeness (QED) is 0.311. The molecule has 0 saturated heterocycles. The van der Waals surface area contributed by atoms with Crippen molar-refractivity contribution in [1.82, 2.24) is 9.78 Å². The van der Waals surface area contributed by atoms with Gasteiger partial charge >= 0.3 is 0 Å². The highest BCUT2D eigenvalue weighted by atomic mass is 16.4. The van der Waals surface area contributed by atoms with Crippen molar-refractivity contribution in [3.05, 3.63) is 11.9 Å². The van der Waals surface area contributed by atoms with Crippen LogP contribution in [-0.4, -0.2) is 26.7 Å². The van der Waals surface area contributed by atoms with Crippen LogP contribution in [0.3, 0.4) is 0 Å². The van der Waals surface area contributed by atoms with Gasteiger partial charge in [0, 0.05) is 13.2 Å². The largest absolute Gasteiger partial charge is 0.409 e. The van der Waals surface area contributed by atoms with Gasteiger partial charge in [0.05, 0.1) is 17.3 Å². The normalized spacial score (nSPS) is 13.4. The molecule has 7 heteroatoms.